The molecule has 1 aromatic rings. The normalized spacial score (nSPS) is 30.8. The maximum atomic E-state index is 6.17. The molecule has 2 atom stereocenters. The van der Waals surface area contributed by atoms with Crippen LogP contribution in [0.5, 0.6) is 0 Å². The minimum absolute atomic E-state index is 0.00780. The SMILES string of the molecule is CC1COC2=C1CC(C)(c1ccccc1)C=C2N. The van der Waals surface area contributed by atoms with Crippen LogP contribution in [0.25, 0.3) is 0 Å². The second-order valence-corrected chi connectivity index (χ2v) is 5.63. The fourth-order valence-electron chi connectivity index (χ4n) is 3.01. The zero-order valence-corrected chi connectivity index (χ0v) is 10.9. The minimum Gasteiger partial charge on any atom is -0.491 e. The minimum atomic E-state index is -0.00780. The maximum absolute atomic E-state index is 6.17. The van der Waals surface area contributed by atoms with Crippen molar-refractivity contribution < 1.29 is 4.74 Å². The summed E-state index contributed by atoms with van der Waals surface area (Å²) in [6, 6.07) is 10.6. The molecular weight excluding hydrogens is 222 g/mol. The van der Waals surface area contributed by atoms with Crippen LogP contribution in [0.2, 0.25) is 0 Å². The van der Waals surface area contributed by atoms with E-state index in [9.17, 15) is 0 Å². The van der Waals surface area contributed by atoms with E-state index >= 15 is 0 Å². The molecule has 0 saturated heterocycles. The molecule has 0 radical (unpaired) electrons. The van der Waals surface area contributed by atoms with Crippen LogP contribution in [0.3, 0.4) is 0 Å². The van der Waals surface area contributed by atoms with Gasteiger partial charge in [0.05, 0.1) is 12.3 Å². The van der Waals surface area contributed by atoms with Crippen LogP contribution in [-0.4, -0.2) is 6.61 Å². The summed E-state index contributed by atoms with van der Waals surface area (Å²) in [5.74, 6) is 1.42. The first kappa shape index (κ1) is 11.4. The molecular formula is C16H19NO. The average molecular weight is 241 g/mol. The van der Waals surface area contributed by atoms with Gasteiger partial charge in [0.15, 0.2) is 0 Å². The second kappa shape index (κ2) is 3.91. The summed E-state index contributed by atoms with van der Waals surface area (Å²) in [5, 5.41) is 0. The number of nitrogens with two attached hydrogens (primary N) is 1. The molecule has 2 unspecified atom stereocenters. The van der Waals surface area contributed by atoms with Crippen molar-refractivity contribution >= 4 is 0 Å². The molecule has 2 aliphatic rings. The number of ether oxygens (including phenoxy) is 1. The Morgan fingerprint density at radius 3 is 2.72 bits per heavy atom. The van der Waals surface area contributed by atoms with Crippen LogP contribution < -0.4 is 5.73 Å². The molecule has 2 heteroatoms. The summed E-state index contributed by atoms with van der Waals surface area (Å²) in [6.07, 6.45) is 3.16. The molecule has 1 heterocycles. The van der Waals surface area contributed by atoms with Crippen molar-refractivity contribution in [1.29, 1.82) is 0 Å². The topological polar surface area (TPSA) is 35.2 Å². The van der Waals surface area contributed by atoms with Gasteiger partial charge in [0, 0.05) is 11.3 Å². The lowest BCUT2D eigenvalue weighted by atomic mass is 9.72. The van der Waals surface area contributed by atoms with E-state index in [4.69, 9.17) is 10.5 Å². The van der Waals surface area contributed by atoms with Gasteiger partial charge >= 0.3 is 0 Å². The third-order valence-electron chi connectivity index (χ3n) is 4.09. The molecule has 0 aromatic heterocycles. The number of hydrogen-bond donors (Lipinski definition) is 1. The van der Waals surface area contributed by atoms with Gasteiger partial charge in [-0.1, -0.05) is 44.2 Å². The highest BCUT2D eigenvalue weighted by Crippen LogP contribution is 2.44. The summed E-state index contributed by atoms with van der Waals surface area (Å²) in [6.45, 7) is 5.24. The lowest BCUT2D eigenvalue weighted by Gasteiger charge is -2.32. The zero-order chi connectivity index (χ0) is 12.8. The molecule has 1 aliphatic heterocycles. The lowest BCUT2D eigenvalue weighted by molar-refractivity contribution is 0.229. The number of benzene rings is 1. The monoisotopic (exact) mass is 241 g/mol. The van der Waals surface area contributed by atoms with Gasteiger partial charge in [-0.2, -0.15) is 0 Å². The zero-order valence-electron chi connectivity index (χ0n) is 10.9. The van der Waals surface area contributed by atoms with Crippen molar-refractivity contribution in [3.05, 3.63) is 59.0 Å². The van der Waals surface area contributed by atoms with E-state index in [0.29, 0.717) is 5.92 Å². The molecule has 0 saturated carbocycles. The molecule has 0 spiro atoms. The van der Waals surface area contributed by atoms with E-state index in [1.165, 1.54) is 11.1 Å². The second-order valence-electron chi connectivity index (χ2n) is 5.63. The summed E-state index contributed by atoms with van der Waals surface area (Å²) in [7, 11) is 0. The Bertz CT molecular complexity index is 529. The van der Waals surface area contributed by atoms with Crippen molar-refractivity contribution in [2.75, 3.05) is 6.61 Å². The average Bonchev–Trinajstić information content (AvgIpc) is 2.73. The van der Waals surface area contributed by atoms with E-state index in [0.717, 1.165) is 24.5 Å². The van der Waals surface area contributed by atoms with Crippen LogP contribution in [0.15, 0.2) is 53.4 Å². The van der Waals surface area contributed by atoms with Gasteiger partial charge in [-0.05, 0) is 23.6 Å². The molecule has 0 fully saturated rings. The molecule has 0 bridgehead atoms. The molecule has 1 aromatic carbocycles. The van der Waals surface area contributed by atoms with Gasteiger partial charge in [-0.25, -0.2) is 0 Å². The van der Waals surface area contributed by atoms with Crippen LogP contribution in [0.1, 0.15) is 25.8 Å². The van der Waals surface area contributed by atoms with Gasteiger partial charge in [-0.3, -0.25) is 0 Å². The smallest absolute Gasteiger partial charge is 0.141 e. The number of hydrogen-bond acceptors (Lipinski definition) is 2. The predicted molar refractivity (Wildman–Crippen MR) is 72.8 cm³/mol. The fraction of sp³-hybridized carbons (Fsp3) is 0.375. The standard InChI is InChI=1S/C16H19NO/c1-11-10-18-15-13(11)8-16(2,9-14(15)17)12-6-4-3-5-7-12/h3-7,9,11H,8,10,17H2,1-2H3. The highest BCUT2D eigenvalue weighted by Gasteiger charge is 2.37. The highest BCUT2D eigenvalue weighted by molar-refractivity contribution is 5.45. The molecule has 0 amide bonds. The van der Waals surface area contributed by atoms with Crippen LogP contribution in [0, 0.1) is 5.92 Å². The van der Waals surface area contributed by atoms with E-state index in [-0.39, 0.29) is 5.41 Å². The predicted octanol–water partition coefficient (Wildman–Crippen LogP) is 3.11. The van der Waals surface area contributed by atoms with Crippen molar-refractivity contribution in [1.82, 2.24) is 0 Å². The molecule has 2 N–H and O–H groups in total. The Labute approximate surface area is 108 Å². The van der Waals surface area contributed by atoms with Gasteiger partial charge in [0.2, 0.25) is 0 Å². The number of rotatable bonds is 1. The van der Waals surface area contributed by atoms with Gasteiger partial charge < -0.3 is 10.5 Å². The van der Waals surface area contributed by atoms with Crippen LogP contribution in [0.4, 0.5) is 0 Å². The largest absolute Gasteiger partial charge is 0.491 e. The molecule has 3 rings (SSSR count). The van der Waals surface area contributed by atoms with Gasteiger partial charge in [0.25, 0.3) is 0 Å². The van der Waals surface area contributed by atoms with Gasteiger partial charge in [-0.15, -0.1) is 0 Å². The Balaban J connectivity index is 2.03. The Morgan fingerprint density at radius 1 is 1.28 bits per heavy atom. The Hall–Kier alpha value is -1.70. The van der Waals surface area contributed by atoms with Crippen molar-refractivity contribution in [2.24, 2.45) is 11.7 Å². The Kier molecular flexibility index (Phi) is 2.47. The van der Waals surface area contributed by atoms with E-state index < -0.39 is 0 Å². The first-order valence-corrected chi connectivity index (χ1v) is 6.50. The van der Waals surface area contributed by atoms with Crippen molar-refractivity contribution in [3.8, 4) is 0 Å². The molecule has 94 valence electrons. The summed E-state index contributed by atoms with van der Waals surface area (Å²) < 4.78 is 5.70. The summed E-state index contributed by atoms with van der Waals surface area (Å²) in [4.78, 5) is 0. The van der Waals surface area contributed by atoms with Crippen LogP contribution in [-0.2, 0) is 10.2 Å². The molecule has 18 heavy (non-hydrogen) atoms. The third-order valence-corrected chi connectivity index (χ3v) is 4.09. The maximum Gasteiger partial charge on any atom is 0.141 e. The quantitative estimate of drug-likeness (QED) is 0.820. The lowest BCUT2D eigenvalue weighted by Crippen LogP contribution is -2.27. The first-order chi connectivity index (χ1) is 8.60. The molecule has 2 nitrogen and oxygen atoms in total. The van der Waals surface area contributed by atoms with Gasteiger partial charge in [0.1, 0.15) is 5.76 Å². The van der Waals surface area contributed by atoms with Crippen molar-refractivity contribution in [2.45, 2.75) is 25.7 Å². The third kappa shape index (κ3) is 1.64. The molecule has 1 aliphatic carbocycles. The summed E-state index contributed by atoms with van der Waals surface area (Å²) in [5.41, 5.74) is 9.66. The summed E-state index contributed by atoms with van der Waals surface area (Å²) >= 11 is 0. The fourth-order valence-corrected chi connectivity index (χ4v) is 3.01. The van der Waals surface area contributed by atoms with Crippen molar-refractivity contribution in [3.63, 3.8) is 0 Å². The van der Waals surface area contributed by atoms with E-state index in [1.807, 2.05) is 0 Å². The van der Waals surface area contributed by atoms with E-state index in [2.05, 4.69) is 50.3 Å². The first-order valence-electron chi connectivity index (χ1n) is 6.50. The highest BCUT2D eigenvalue weighted by atomic mass is 16.5. The van der Waals surface area contributed by atoms with E-state index in [1.54, 1.807) is 0 Å². The number of allylic oxidation sites excluding steroid dienone is 1. The van der Waals surface area contributed by atoms with Crippen LogP contribution >= 0.6 is 0 Å². The Morgan fingerprint density at radius 2 is 2.00 bits per heavy atom.